The number of benzene rings is 2. The normalized spacial score (nSPS) is 10.4. The molecule has 0 amide bonds. The molecule has 26 heavy (non-hydrogen) atoms. The number of aromatic carboxylic acids is 1. The van der Waals surface area contributed by atoms with Gasteiger partial charge < -0.3 is 19.9 Å². The van der Waals surface area contributed by atoms with Gasteiger partial charge in [0.05, 0.1) is 20.8 Å². The topological polar surface area (TPSA) is 98.5 Å². The van der Waals surface area contributed by atoms with Crippen LogP contribution in [0.1, 0.15) is 16.1 Å². The van der Waals surface area contributed by atoms with Crippen LogP contribution in [0.4, 0.5) is 11.5 Å². The fourth-order valence-corrected chi connectivity index (χ4v) is 2.41. The SMILES string of the molecule is COc1ccc(Cn2nnc(C(=O)O)c2Nc2ccc(OC)cc2)cc1. The summed E-state index contributed by atoms with van der Waals surface area (Å²) in [5, 5.41) is 20.2. The lowest BCUT2D eigenvalue weighted by Crippen LogP contribution is -2.09. The van der Waals surface area contributed by atoms with E-state index in [2.05, 4.69) is 15.6 Å². The van der Waals surface area contributed by atoms with Gasteiger partial charge in [-0.15, -0.1) is 5.10 Å². The Balaban J connectivity index is 1.88. The van der Waals surface area contributed by atoms with Gasteiger partial charge in [-0.2, -0.15) is 0 Å². The van der Waals surface area contributed by atoms with Gasteiger partial charge in [0.15, 0.2) is 5.82 Å². The molecule has 3 aromatic rings. The number of anilines is 2. The molecule has 2 aromatic carbocycles. The highest BCUT2D eigenvalue weighted by Gasteiger charge is 2.19. The zero-order valence-electron chi connectivity index (χ0n) is 14.3. The minimum atomic E-state index is -1.15. The zero-order valence-corrected chi connectivity index (χ0v) is 14.3. The third kappa shape index (κ3) is 3.75. The third-order valence-corrected chi connectivity index (χ3v) is 3.78. The first kappa shape index (κ1) is 17.3. The number of aromatic nitrogens is 3. The molecule has 0 bridgehead atoms. The molecule has 8 nitrogen and oxygen atoms in total. The van der Waals surface area contributed by atoms with Crippen molar-refractivity contribution < 1.29 is 19.4 Å². The monoisotopic (exact) mass is 354 g/mol. The van der Waals surface area contributed by atoms with E-state index in [1.54, 1.807) is 38.5 Å². The Morgan fingerprint density at radius 2 is 1.62 bits per heavy atom. The maximum absolute atomic E-state index is 11.5. The van der Waals surface area contributed by atoms with Crippen molar-refractivity contribution in [1.82, 2.24) is 15.0 Å². The van der Waals surface area contributed by atoms with Crippen LogP contribution in [0.5, 0.6) is 11.5 Å². The lowest BCUT2D eigenvalue weighted by atomic mass is 10.2. The number of carboxylic acids is 1. The van der Waals surface area contributed by atoms with Crippen LogP contribution in [-0.4, -0.2) is 40.3 Å². The van der Waals surface area contributed by atoms with E-state index in [0.717, 1.165) is 11.3 Å². The first-order valence-electron chi connectivity index (χ1n) is 7.81. The molecule has 3 rings (SSSR count). The summed E-state index contributed by atoms with van der Waals surface area (Å²) >= 11 is 0. The van der Waals surface area contributed by atoms with Gasteiger partial charge in [0.2, 0.25) is 5.69 Å². The van der Waals surface area contributed by atoms with Crippen molar-refractivity contribution in [1.29, 1.82) is 0 Å². The van der Waals surface area contributed by atoms with Crippen molar-refractivity contribution >= 4 is 17.5 Å². The Morgan fingerprint density at radius 1 is 1.04 bits per heavy atom. The molecule has 0 spiro atoms. The predicted molar refractivity (Wildman–Crippen MR) is 95.4 cm³/mol. The summed E-state index contributed by atoms with van der Waals surface area (Å²) in [6.45, 7) is 0.364. The molecule has 0 fully saturated rings. The number of carbonyl (C=O) groups is 1. The first-order valence-corrected chi connectivity index (χ1v) is 7.81. The quantitative estimate of drug-likeness (QED) is 0.673. The number of ether oxygens (including phenoxy) is 2. The van der Waals surface area contributed by atoms with Crippen molar-refractivity contribution in [2.24, 2.45) is 0 Å². The first-order chi connectivity index (χ1) is 12.6. The second kappa shape index (κ2) is 7.56. The van der Waals surface area contributed by atoms with Gasteiger partial charge in [-0.1, -0.05) is 17.3 Å². The van der Waals surface area contributed by atoms with Crippen molar-refractivity contribution in [3.05, 3.63) is 59.8 Å². The van der Waals surface area contributed by atoms with Crippen LogP contribution in [0.25, 0.3) is 0 Å². The van der Waals surface area contributed by atoms with E-state index in [0.29, 0.717) is 23.8 Å². The second-order valence-electron chi connectivity index (χ2n) is 5.45. The molecule has 8 heteroatoms. The van der Waals surface area contributed by atoms with E-state index in [1.807, 2.05) is 24.3 Å². The molecule has 0 saturated carbocycles. The summed E-state index contributed by atoms with van der Waals surface area (Å²) in [6.07, 6.45) is 0. The number of nitrogens with zero attached hydrogens (tertiary/aromatic N) is 3. The molecule has 0 atom stereocenters. The Kier molecular flexibility index (Phi) is 5.02. The standard InChI is InChI=1S/C18H18N4O4/c1-25-14-7-3-12(4-8-14)11-22-17(16(18(23)24)20-21-22)19-13-5-9-15(26-2)10-6-13/h3-10,19H,11H2,1-2H3,(H,23,24). The summed E-state index contributed by atoms with van der Waals surface area (Å²) in [7, 11) is 3.18. The molecular weight excluding hydrogens is 336 g/mol. The highest BCUT2D eigenvalue weighted by atomic mass is 16.5. The number of methoxy groups -OCH3 is 2. The number of rotatable bonds is 7. The van der Waals surface area contributed by atoms with Crippen LogP contribution in [0.15, 0.2) is 48.5 Å². The fourth-order valence-electron chi connectivity index (χ4n) is 2.41. The fraction of sp³-hybridized carbons (Fsp3) is 0.167. The molecule has 0 aliphatic rings. The van der Waals surface area contributed by atoms with Gasteiger partial charge in [0, 0.05) is 5.69 Å². The molecule has 0 aliphatic heterocycles. The van der Waals surface area contributed by atoms with Crippen LogP contribution in [0.2, 0.25) is 0 Å². The Bertz CT molecular complexity index is 889. The van der Waals surface area contributed by atoms with Crippen molar-refractivity contribution in [3.8, 4) is 11.5 Å². The summed E-state index contributed by atoms with van der Waals surface area (Å²) in [6, 6.07) is 14.6. The van der Waals surface area contributed by atoms with Crippen molar-refractivity contribution in [2.45, 2.75) is 6.54 Å². The van der Waals surface area contributed by atoms with E-state index in [-0.39, 0.29) is 5.69 Å². The van der Waals surface area contributed by atoms with E-state index in [4.69, 9.17) is 9.47 Å². The smallest absolute Gasteiger partial charge is 0.360 e. The minimum absolute atomic E-state index is 0.144. The molecular formula is C18H18N4O4. The van der Waals surface area contributed by atoms with Crippen LogP contribution in [0, 0.1) is 0 Å². The van der Waals surface area contributed by atoms with Crippen LogP contribution in [-0.2, 0) is 6.54 Å². The Morgan fingerprint density at radius 3 is 2.15 bits per heavy atom. The molecule has 0 saturated heterocycles. The van der Waals surface area contributed by atoms with Crippen molar-refractivity contribution in [2.75, 3.05) is 19.5 Å². The highest BCUT2D eigenvalue weighted by molar-refractivity contribution is 5.91. The van der Waals surface area contributed by atoms with E-state index >= 15 is 0 Å². The zero-order chi connectivity index (χ0) is 18.5. The minimum Gasteiger partial charge on any atom is -0.497 e. The lowest BCUT2D eigenvalue weighted by molar-refractivity contribution is 0.0691. The van der Waals surface area contributed by atoms with E-state index in [1.165, 1.54) is 4.68 Å². The molecule has 0 unspecified atom stereocenters. The number of nitrogens with one attached hydrogen (secondary N) is 1. The summed E-state index contributed by atoms with van der Waals surface area (Å²) in [5.41, 5.74) is 1.49. The maximum atomic E-state index is 11.5. The number of carboxylic acid groups (broad SMARTS) is 1. The van der Waals surface area contributed by atoms with Gasteiger partial charge in [-0.3, -0.25) is 0 Å². The Hall–Kier alpha value is -3.55. The third-order valence-electron chi connectivity index (χ3n) is 3.78. The largest absolute Gasteiger partial charge is 0.497 e. The Labute approximate surface area is 150 Å². The molecule has 134 valence electrons. The predicted octanol–water partition coefficient (Wildman–Crippen LogP) is 2.79. The van der Waals surface area contributed by atoms with E-state index in [9.17, 15) is 9.90 Å². The van der Waals surface area contributed by atoms with Crippen LogP contribution < -0.4 is 14.8 Å². The molecule has 1 heterocycles. The van der Waals surface area contributed by atoms with Crippen molar-refractivity contribution in [3.63, 3.8) is 0 Å². The molecule has 0 aliphatic carbocycles. The van der Waals surface area contributed by atoms with Gasteiger partial charge in [0.25, 0.3) is 0 Å². The summed E-state index contributed by atoms with van der Waals surface area (Å²) in [4.78, 5) is 11.5. The summed E-state index contributed by atoms with van der Waals surface area (Å²) < 4.78 is 11.8. The van der Waals surface area contributed by atoms with Gasteiger partial charge >= 0.3 is 5.97 Å². The molecule has 0 radical (unpaired) electrons. The average Bonchev–Trinajstić information content (AvgIpc) is 3.05. The molecule has 2 N–H and O–H groups in total. The summed E-state index contributed by atoms with van der Waals surface area (Å²) in [5.74, 6) is 0.606. The van der Waals surface area contributed by atoms with E-state index < -0.39 is 5.97 Å². The van der Waals surface area contributed by atoms with Gasteiger partial charge in [-0.05, 0) is 42.0 Å². The molecule has 1 aromatic heterocycles. The van der Waals surface area contributed by atoms with Crippen LogP contribution in [0.3, 0.4) is 0 Å². The number of hydrogen-bond donors (Lipinski definition) is 2. The van der Waals surface area contributed by atoms with Gasteiger partial charge in [-0.25, -0.2) is 9.48 Å². The lowest BCUT2D eigenvalue weighted by Gasteiger charge is -2.11. The number of hydrogen-bond acceptors (Lipinski definition) is 6. The highest BCUT2D eigenvalue weighted by Crippen LogP contribution is 2.23. The van der Waals surface area contributed by atoms with Crippen LogP contribution >= 0.6 is 0 Å². The second-order valence-corrected chi connectivity index (χ2v) is 5.45. The average molecular weight is 354 g/mol. The maximum Gasteiger partial charge on any atom is 0.360 e. The van der Waals surface area contributed by atoms with Gasteiger partial charge in [0.1, 0.15) is 11.5 Å².